The minimum absolute atomic E-state index is 0.0272. The highest BCUT2D eigenvalue weighted by molar-refractivity contribution is 7.92. The molecule has 20 heavy (non-hydrogen) atoms. The zero-order valence-corrected chi connectivity index (χ0v) is 10.9. The third-order valence-electron chi connectivity index (χ3n) is 2.24. The molecule has 2 rings (SSSR count). The van der Waals surface area contributed by atoms with Crippen molar-refractivity contribution < 1.29 is 17.3 Å². The second-order valence-electron chi connectivity index (χ2n) is 3.66. The molecule has 0 unspecified atom stereocenters. The van der Waals surface area contributed by atoms with Crippen LogP contribution in [0.15, 0.2) is 40.1 Å². The van der Waals surface area contributed by atoms with Crippen LogP contribution in [0.2, 0.25) is 0 Å². The van der Waals surface area contributed by atoms with E-state index in [2.05, 4.69) is 26.2 Å². The number of hydrogen-bond acceptors (Lipinski definition) is 5. The molecule has 1 aromatic heterocycles. The van der Waals surface area contributed by atoms with Crippen molar-refractivity contribution >= 4 is 15.7 Å². The lowest BCUT2D eigenvalue weighted by Gasteiger charge is -2.07. The quantitative estimate of drug-likeness (QED) is 0.821. The molecule has 0 radical (unpaired) electrons. The molecule has 0 amide bonds. The number of halogens is 1. The number of sulfonamides is 1. The van der Waals surface area contributed by atoms with Gasteiger partial charge in [-0.1, -0.05) is 17.0 Å². The van der Waals surface area contributed by atoms with Gasteiger partial charge in [0.2, 0.25) is 0 Å². The summed E-state index contributed by atoms with van der Waals surface area (Å²) in [5.74, 6) is 4.43. The minimum atomic E-state index is -3.92. The highest BCUT2D eigenvalue weighted by atomic mass is 32.2. The maximum Gasteiger partial charge on any atom is 0.263 e. The van der Waals surface area contributed by atoms with E-state index in [1.807, 2.05) is 0 Å². The summed E-state index contributed by atoms with van der Waals surface area (Å²) in [7, 11) is -3.92. The van der Waals surface area contributed by atoms with Gasteiger partial charge in [0.15, 0.2) is 0 Å². The van der Waals surface area contributed by atoms with Crippen LogP contribution in [0.1, 0.15) is 5.56 Å². The van der Waals surface area contributed by atoms with E-state index < -0.39 is 15.8 Å². The number of nitrogens with zero attached hydrogens (tertiary/aromatic N) is 1. The van der Waals surface area contributed by atoms with Gasteiger partial charge in [-0.3, -0.25) is 4.72 Å². The Morgan fingerprint density at radius 2 is 2.25 bits per heavy atom. The van der Waals surface area contributed by atoms with E-state index in [0.29, 0.717) is 0 Å². The highest BCUT2D eigenvalue weighted by Gasteiger charge is 2.19. The Morgan fingerprint density at radius 3 is 2.90 bits per heavy atom. The molecule has 0 spiro atoms. The lowest BCUT2D eigenvalue weighted by atomic mass is 10.2. The Kier molecular flexibility index (Phi) is 4.02. The van der Waals surface area contributed by atoms with E-state index in [1.54, 1.807) is 0 Å². The van der Waals surface area contributed by atoms with Gasteiger partial charge in [0.05, 0.1) is 12.7 Å². The number of anilines is 1. The third-order valence-corrected chi connectivity index (χ3v) is 3.68. The molecule has 0 saturated heterocycles. The first-order valence-corrected chi connectivity index (χ1v) is 6.92. The van der Waals surface area contributed by atoms with Crippen LogP contribution in [0.4, 0.5) is 10.1 Å². The number of nitrogens with two attached hydrogens (primary N) is 1. The van der Waals surface area contributed by atoms with E-state index >= 15 is 0 Å². The molecule has 0 atom stereocenters. The molecular formula is C12H10FN3O3S. The molecular weight excluding hydrogens is 285 g/mol. The molecule has 0 bridgehead atoms. The molecule has 6 nitrogen and oxygen atoms in total. The highest BCUT2D eigenvalue weighted by Crippen LogP contribution is 2.19. The number of aromatic nitrogens is 1. The van der Waals surface area contributed by atoms with Crippen LogP contribution in [-0.4, -0.2) is 20.1 Å². The van der Waals surface area contributed by atoms with Crippen LogP contribution in [0, 0.1) is 17.7 Å². The molecule has 104 valence electrons. The zero-order chi connectivity index (χ0) is 14.6. The largest absolute Gasteiger partial charge is 0.362 e. The lowest BCUT2D eigenvalue weighted by Crippen LogP contribution is -2.14. The summed E-state index contributed by atoms with van der Waals surface area (Å²) in [6, 6.07) is 3.20. The molecule has 1 heterocycles. The van der Waals surface area contributed by atoms with Crippen molar-refractivity contribution in [2.75, 3.05) is 11.3 Å². The fraction of sp³-hybridized carbons (Fsp3) is 0.0833. The van der Waals surface area contributed by atoms with Gasteiger partial charge in [-0.2, -0.15) is 0 Å². The molecule has 0 aliphatic heterocycles. The summed E-state index contributed by atoms with van der Waals surface area (Å²) in [6.07, 6.45) is 2.33. The minimum Gasteiger partial charge on any atom is -0.362 e. The molecule has 2 aromatic rings. The Hall–Kier alpha value is -2.37. The van der Waals surface area contributed by atoms with Crippen molar-refractivity contribution in [3.05, 3.63) is 42.0 Å². The monoisotopic (exact) mass is 295 g/mol. The van der Waals surface area contributed by atoms with Crippen LogP contribution in [0.25, 0.3) is 0 Å². The van der Waals surface area contributed by atoms with Crippen molar-refractivity contribution in [2.24, 2.45) is 5.73 Å². The standard InChI is InChI=1S/C12H10FN3O3S/c13-10-3-4-12(9(6-10)2-1-5-14)20(17,18)16-11-7-15-19-8-11/h3-4,6-8,16H,5,14H2. The lowest BCUT2D eigenvalue weighted by molar-refractivity contribution is 0.420. The fourth-order valence-corrected chi connectivity index (χ4v) is 2.61. The Labute approximate surface area is 114 Å². The number of benzene rings is 1. The van der Waals surface area contributed by atoms with Gasteiger partial charge < -0.3 is 10.3 Å². The SMILES string of the molecule is NCC#Cc1cc(F)ccc1S(=O)(=O)Nc1cnoc1. The summed E-state index contributed by atoms with van der Waals surface area (Å²) in [5, 5.41) is 3.38. The average Bonchev–Trinajstić information content (AvgIpc) is 2.88. The Bertz CT molecular complexity index is 761. The van der Waals surface area contributed by atoms with E-state index in [-0.39, 0.29) is 22.7 Å². The van der Waals surface area contributed by atoms with Crippen LogP contribution < -0.4 is 10.5 Å². The summed E-state index contributed by atoms with van der Waals surface area (Å²) < 4.78 is 44.4. The zero-order valence-electron chi connectivity index (χ0n) is 10.1. The molecule has 0 saturated carbocycles. The predicted molar refractivity (Wildman–Crippen MR) is 69.6 cm³/mol. The molecule has 1 aromatic carbocycles. The summed E-state index contributed by atoms with van der Waals surface area (Å²) >= 11 is 0. The van der Waals surface area contributed by atoms with Crippen LogP contribution in [0.3, 0.4) is 0 Å². The van der Waals surface area contributed by atoms with Gasteiger partial charge in [-0.15, -0.1) is 0 Å². The van der Waals surface area contributed by atoms with Gasteiger partial charge in [0.1, 0.15) is 22.7 Å². The Morgan fingerprint density at radius 1 is 1.45 bits per heavy atom. The topological polar surface area (TPSA) is 98.2 Å². The maximum atomic E-state index is 13.2. The van der Waals surface area contributed by atoms with E-state index in [9.17, 15) is 12.8 Å². The third kappa shape index (κ3) is 3.14. The molecule has 8 heteroatoms. The van der Waals surface area contributed by atoms with Crippen molar-refractivity contribution in [3.8, 4) is 11.8 Å². The van der Waals surface area contributed by atoms with Crippen molar-refractivity contribution in [1.82, 2.24) is 5.16 Å². The number of nitrogens with one attached hydrogen (secondary N) is 1. The van der Waals surface area contributed by atoms with Crippen LogP contribution >= 0.6 is 0 Å². The molecule has 0 aliphatic rings. The van der Waals surface area contributed by atoms with E-state index in [0.717, 1.165) is 24.5 Å². The predicted octanol–water partition coefficient (Wildman–Crippen LogP) is 0.925. The molecule has 0 aliphatic carbocycles. The summed E-state index contributed by atoms with van der Waals surface area (Å²) in [6.45, 7) is 0.0368. The van der Waals surface area contributed by atoms with E-state index in [4.69, 9.17) is 5.73 Å². The maximum absolute atomic E-state index is 13.2. The van der Waals surface area contributed by atoms with Gasteiger partial charge in [0.25, 0.3) is 10.0 Å². The van der Waals surface area contributed by atoms with E-state index in [1.165, 1.54) is 6.20 Å². The Balaban J connectivity index is 2.45. The normalized spacial score (nSPS) is 10.7. The van der Waals surface area contributed by atoms with Crippen molar-refractivity contribution in [2.45, 2.75) is 4.90 Å². The van der Waals surface area contributed by atoms with Gasteiger partial charge >= 0.3 is 0 Å². The summed E-state index contributed by atoms with van der Waals surface area (Å²) in [5.41, 5.74) is 5.42. The molecule has 3 N–H and O–H groups in total. The average molecular weight is 295 g/mol. The van der Waals surface area contributed by atoms with Gasteiger partial charge in [0, 0.05) is 5.56 Å². The number of rotatable bonds is 3. The number of hydrogen-bond donors (Lipinski definition) is 2. The first kappa shape index (κ1) is 14.0. The first-order valence-electron chi connectivity index (χ1n) is 5.43. The molecule has 0 fully saturated rings. The van der Waals surface area contributed by atoms with Crippen LogP contribution in [-0.2, 0) is 10.0 Å². The van der Waals surface area contributed by atoms with Crippen molar-refractivity contribution in [1.29, 1.82) is 0 Å². The fourth-order valence-electron chi connectivity index (χ4n) is 1.45. The first-order chi connectivity index (χ1) is 9.53. The summed E-state index contributed by atoms with van der Waals surface area (Å²) in [4.78, 5) is -0.152. The van der Waals surface area contributed by atoms with Crippen molar-refractivity contribution in [3.63, 3.8) is 0 Å². The van der Waals surface area contributed by atoms with Gasteiger partial charge in [-0.25, -0.2) is 12.8 Å². The van der Waals surface area contributed by atoms with Gasteiger partial charge in [-0.05, 0) is 18.2 Å². The second-order valence-corrected chi connectivity index (χ2v) is 5.32. The second kappa shape index (κ2) is 5.73. The smallest absolute Gasteiger partial charge is 0.263 e. The van der Waals surface area contributed by atoms with Crippen LogP contribution in [0.5, 0.6) is 0 Å².